The number of thioether (sulfide) groups is 1. The minimum Gasteiger partial charge on any atom is -0.370 e. The molecule has 0 aliphatic heterocycles. The summed E-state index contributed by atoms with van der Waals surface area (Å²) in [6, 6.07) is 6.73. The molecule has 1 N–H and O–H groups in total. The van der Waals surface area contributed by atoms with Gasteiger partial charge in [0.2, 0.25) is 0 Å². The van der Waals surface area contributed by atoms with Crippen molar-refractivity contribution in [3.05, 3.63) is 35.6 Å². The molecule has 1 saturated carbocycles. The third kappa shape index (κ3) is 3.53. The number of aromatic nitrogens is 2. The maximum absolute atomic E-state index is 13.3. The van der Waals surface area contributed by atoms with Crippen molar-refractivity contribution in [3.63, 3.8) is 0 Å². The number of hydrogen-bond donors (Lipinski definition) is 1. The smallest absolute Gasteiger partial charge is 0.189 e. The zero-order chi connectivity index (χ0) is 14.8. The number of halogens is 1. The van der Waals surface area contributed by atoms with Gasteiger partial charge in [-0.2, -0.15) is 0 Å². The minimum atomic E-state index is -0.220. The molecule has 0 bridgehead atoms. The number of aryl methyl sites for hydroxylation is 1. The maximum atomic E-state index is 13.3. The van der Waals surface area contributed by atoms with Gasteiger partial charge in [0.15, 0.2) is 5.16 Å². The molecule has 21 heavy (non-hydrogen) atoms. The van der Waals surface area contributed by atoms with E-state index in [0.717, 1.165) is 40.3 Å². The molecule has 5 heteroatoms. The number of nitrogens with one attached hydrogen (secondary N) is 1. The fourth-order valence-corrected chi connectivity index (χ4v) is 2.61. The lowest BCUT2D eigenvalue weighted by molar-refractivity contribution is 0.627. The predicted molar refractivity (Wildman–Crippen MR) is 85.2 cm³/mol. The molecule has 2 aromatic rings. The summed E-state index contributed by atoms with van der Waals surface area (Å²) in [4.78, 5) is 9.04. The van der Waals surface area contributed by atoms with Crippen molar-refractivity contribution in [2.75, 3.05) is 18.1 Å². The zero-order valence-corrected chi connectivity index (χ0v) is 13.0. The second kappa shape index (κ2) is 6.02. The van der Waals surface area contributed by atoms with Crippen LogP contribution in [0.15, 0.2) is 29.4 Å². The largest absolute Gasteiger partial charge is 0.370 e. The molecule has 0 radical (unpaired) electrons. The first-order chi connectivity index (χ1) is 10.2. The van der Waals surface area contributed by atoms with Gasteiger partial charge in [0.1, 0.15) is 11.6 Å². The highest BCUT2D eigenvalue weighted by molar-refractivity contribution is 7.98. The molecule has 1 aromatic carbocycles. The Kier molecular flexibility index (Phi) is 4.10. The molecule has 0 amide bonds. The normalized spacial score (nSPS) is 14.2. The molecule has 0 spiro atoms. The highest BCUT2D eigenvalue weighted by Gasteiger charge is 2.21. The van der Waals surface area contributed by atoms with Gasteiger partial charge in [-0.25, -0.2) is 14.4 Å². The second-order valence-electron chi connectivity index (χ2n) is 5.41. The van der Waals surface area contributed by atoms with Crippen LogP contribution < -0.4 is 5.32 Å². The van der Waals surface area contributed by atoms with E-state index in [-0.39, 0.29) is 5.82 Å². The van der Waals surface area contributed by atoms with Crippen LogP contribution in [0.3, 0.4) is 0 Å². The third-order valence-corrected chi connectivity index (χ3v) is 4.17. The van der Waals surface area contributed by atoms with Crippen molar-refractivity contribution in [2.24, 2.45) is 5.92 Å². The lowest BCUT2D eigenvalue weighted by atomic mass is 10.1. The first kappa shape index (κ1) is 14.3. The summed E-state index contributed by atoms with van der Waals surface area (Å²) in [7, 11) is 0. The monoisotopic (exact) mass is 303 g/mol. The van der Waals surface area contributed by atoms with Crippen LogP contribution in [0.25, 0.3) is 11.3 Å². The topological polar surface area (TPSA) is 37.8 Å². The molecule has 1 aliphatic rings. The fourth-order valence-electron chi connectivity index (χ4n) is 2.23. The van der Waals surface area contributed by atoms with E-state index >= 15 is 0 Å². The van der Waals surface area contributed by atoms with Gasteiger partial charge in [0.05, 0.1) is 5.69 Å². The zero-order valence-electron chi connectivity index (χ0n) is 12.2. The maximum Gasteiger partial charge on any atom is 0.189 e. The SMILES string of the molecule is CSc1nc(NCC2CC2)cc(-c2ccc(F)cc2C)n1. The Bertz CT molecular complexity index is 656. The molecule has 3 nitrogen and oxygen atoms in total. The molecule has 1 heterocycles. The minimum absolute atomic E-state index is 0.220. The second-order valence-corrected chi connectivity index (χ2v) is 6.18. The summed E-state index contributed by atoms with van der Waals surface area (Å²) in [5.74, 6) is 1.41. The lowest BCUT2D eigenvalue weighted by Crippen LogP contribution is -2.06. The fraction of sp³-hybridized carbons (Fsp3) is 0.375. The Hall–Kier alpha value is -1.62. The van der Waals surface area contributed by atoms with Crippen LogP contribution in [0.4, 0.5) is 10.2 Å². The molecule has 0 atom stereocenters. The number of hydrogen-bond acceptors (Lipinski definition) is 4. The van der Waals surface area contributed by atoms with Crippen LogP contribution in [-0.2, 0) is 0 Å². The van der Waals surface area contributed by atoms with Crippen molar-refractivity contribution in [1.82, 2.24) is 9.97 Å². The number of benzene rings is 1. The van der Waals surface area contributed by atoms with Gasteiger partial charge in [-0.1, -0.05) is 11.8 Å². The van der Waals surface area contributed by atoms with E-state index in [1.54, 1.807) is 6.07 Å². The van der Waals surface area contributed by atoms with Gasteiger partial charge in [-0.15, -0.1) is 0 Å². The van der Waals surface area contributed by atoms with E-state index in [1.807, 2.05) is 19.2 Å². The third-order valence-electron chi connectivity index (χ3n) is 3.62. The van der Waals surface area contributed by atoms with Crippen molar-refractivity contribution >= 4 is 17.6 Å². The van der Waals surface area contributed by atoms with Crippen molar-refractivity contribution < 1.29 is 4.39 Å². The molecule has 3 rings (SSSR count). The Morgan fingerprint density at radius 1 is 1.29 bits per heavy atom. The molecule has 110 valence electrons. The lowest BCUT2D eigenvalue weighted by Gasteiger charge is -2.10. The Morgan fingerprint density at radius 2 is 2.10 bits per heavy atom. The van der Waals surface area contributed by atoms with Gasteiger partial charge in [-0.05, 0) is 55.7 Å². The molecule has 0 saturated heterocycles. The summed E-state index contributed by atoms with van der Waals surface area (Å²) < 4.78 is 13.3. The Morgan fingerprint density at radius 3 is 2.76 bits per heavy atom. The van der Waals surface area contributed by atoms with Crippen molar-refractivity contribution in [2.45, 2.75) is 24.9 Å². The number of rotatable bonds is 5. The average Bonchev–Trinajstić information content (AvgIpc) is 3.29. The van der Waals surface area contributed by atoms with Crippen LogP contribution in [0.5, 0.6) is 0 Å². The van der Waals surface area contributed by atoms with Crippen LogP contribution in [-0.4, -0.2) is 22.8 Å². The van der Waals surface area contributed by atoms with Crippen LogP contribution in [0.1, 0.15) is 18.4 Å². The van der Waals surface area contributed by atoms with Crippen LogP contribution >= 0.6 is 11.8 Å². The first-order valence-corrected chi connectivity index (χ1v) is 8.31. The Labute approximate surface area is 128 Å². The average molecular weight is 303 g/mol. The van der Waals surface area contributed by atoms with Crippen LogP contribution in [0.2, 0.25) is 0 Å². The quantitative estimate of drug-likeness (QED) is 0.665. The standard InChI is InChI=1S/C16H18FN3S/c1-10-7-12(17)5-6-13(10)14-8-15(18-9-11-3-4-11)20-16(19-14)21-2/h5-8,11H,3-4,9H2,1-2H3,(H,18,19,20). The van der Waals surface area contributed by atoms with E-state index in [9.17, 15) is 4.39 Å². The summed E-state index contributed by atoms with van der Waals surface area (Å²) in [5, 5.41) is 4.11. The molecule has 1 aliphatic carbocycles. The summed E-state index contributed by atoms with van der Waals surface area (Å²) in [5.41, 5.74) is 2.67. The number of nitrogens with zero attached hydrogens (tertiary/aromatic N) is 2. The van der Waals surface area contributed by atoms with E-state index in [1.165, 1.54) is 36.7 Å². The van der Waals surface area contributed by atoms with Gasteiger partial charge in [0.25, 0.3) is 0 Å². The van der Waals surface area contributed by atoms with E-state index in [0.29, 0.717) is 0 Å². The summed E-state index contributed by atoms with van der Waals surface area (Å²) in [6.45, 7) is 2.86. The summed E-state index contributed by atoms with van der Waals surface area (Å²) in [6.07, 6.45) is 4.57. The number of anilines is 1. The molecule has 1 fully saturated rings. The van der Waals surface area contributed by atoms with E-state index in [4.69, 9.17) is 0 Å². The van der Waals surface area contributed by atoms with Gasteiger partial charge in [0, 0.05) is 18.2 Å². The summed E-state index contributed by atoms with van der Waals surface area (Å²) >= 11 is 1.51. The van der Waals surface area contributed by atoms with Gasteiger partial charge >= 0.3 is 0 Å². The highest BCUT2D eigenvalue weighted by Crippen LogP contribution is 2.30. The van der Waals surface area contributed by atoms with Crippen molar-refractivity contribution in [1.29, 1.82) is 0 Å². The van der Waals surface area contributed by atoms with Gasteiger partial charge < -0.3 is 5.32 Å². The van der Waals surface area contributed by atoms with Crippen LogP contribution in [0, 0.1) is 18.7 Å². The molecule has 1 aromatic heterocycles. The first-order valence-electron chi connectivity index (χ1n) is 7.09. The molecular formula is C16H18FN3S. The highest BCUT2D eigenvalue weighted by atomic mass is 32.2. The predicted octanol–water partition coefficient (Wildman–Crippen LogP) is 4.13. The van der Waals surface area contributed by atoms with Crippen molar-refractivity contribution in [3.8, 4) is 11.3 Å². The molecular weight excluding hydrogens is 285 g/mol. The van der Waals surface area contributed by atoms with E-state index < -0.39 is 0 Å². The Balaban J connectivity index is 1.93. The molecule has 0 unspecified atom stereocenters. The van der Waals surface area contributed by atoms with E-state index in [2.05, 4.69) is 15.3 Å². The van der Waals surface area contributed by atoms with Gasteiger partial charge in [-0.3, -0.25) is 0 Å².